The number of likely N-dealkylation sites (tertiary alicyclic amines) is 1. The molecule has 1 N–H and O–H groups in total. The summed E-state index contributed by atoms with van der Waals surface area (Å²) in [6.07, 6.45) is 6.48. The predicted octanol–water partition coefficient (Wildman–Crippen LogP) is 2.41. The van der Waals surface area contributed by atoms with Gasteiger partial charge in [0, 0.05) is 64.8 Å². The third-order valence-corrected chi connectivity index (χ3v) is 8.41. The number of ether oxygens (including phenoxy) is 2. The second kappa shape index (κ2) is 12.4. The van der Waals surface area contributed by atoms with Gasteiger partial charge in [-0.2, -0.15) is 9.97 Å². The lowest BCUT2D eigenvalue weighted by Crippen LogP contribution is -2.49. The molecule has 0 unspecified atom stereocenters. The van der Waals surface area contributed by atoms with Crippen LogP contribution >= 0.6 is 0 Å². The van der Waals surface area contributed by atoms with Crippen LogP contribution in [0.3, 0.4) is 0 Å². The molecule has 1 amide bonds. The third-order valence-electron chi connectivity index (χ3n) is 8.41. The zero-order chi connectivity index (χ0) is 27.3. The first-order chi connectivity index (χ1) is 19.7. The molecule has 6 rings (SSSR count). The molecule has 0 spiro atoms. The van der Waals surface area contributed by atoms with Crippen molar-refractivity contribution >= 4 is 28.8 Å². The number of nitrogens with one attached hydrogen (secondary N) is 1. The van der Waals surface area contributed by atoms with Crippen molar-refractivity contribution in [2.24, 2.45) is 0 Å². The molecule has 0 aliphatic carbocycles. The molecule has 3 aromatic rings. The van der Waals surface area contributed by atoms with Crippen LogP contribution < -0.4 is 15.0 Å². The lowest BCUT2D eigenvalue weighted by Gasteiger charge is -2.40. The highest BCUT2D eigenvalue weighted by Gasteiger charge is 2.28. The van der Waals surface area contributed by atoms with Gasteiger partial charge in [-0.15, -0.1) is 0 Å². The van der Waals surface area contributed by atoms with E-state index in [0.717, 1.165) is 107 Å². The maximum atomic E-state index is 12.2. The maximum absolute atomic E-state index is 12.2. The summed E-state index contributed by atoms with van der Waals surface area (Å²) in [4.78, 5) is 33.7. The summed E-state index contributed by atoms with van der Waals surface area (Å²) in [5, 5.41) is 3.55. The van der Waals surface area contributed by atoms with Gasteiger partial charge in [0.25, 0.3) is 0 Å². The number of hydrogen-bond donors (Lipinski definition) is 1. The monoisotopic (exact) mass is 548 g/mol. The van der Waals surface area contributed by atoms with Gasteiger partial charge >= 0.3 is 0 Å². The number of carbonyl (C=O) groups is 1. The molecule has 2 aromatic heterocycles. The van der Waals surface area contributed by atoms with Gasteiger partial charge in [0.15, 0.2) is 17.0 Å². The van der Waals surface area contributed by atoms with E-state index in [1.165, 1.54) is 5.56 Å². The Morgan fingerprint density at radius 1 is 1.02 bits per heavy atom. The van der Waals surface area contributed by atoms with E-state index in [4.69, 9.17) is 24.4 Å². The molecule has 11 heteroatoms. The van der Waals surface area contributed by atoms with Crippen LogP contribution in [0.5, 0.6) is 5.75 Å². The number of hydrogen-bond acceptors (Lipinski definition) is 9. The highest BCUT2D eigenvalue weighted by Crippen LogP contribution is 2.26. The number of imidazole rings is 1. The molecule has 1 aromatic carbocycles. The summed E-state index contributed by atoms with van der Waals surface area (Å²) in [5.74, 6) is 2.61. The molecule has 0 bridgehead atoms. The Bertz CT molecular complexity index is 1280. The number of piperidine rings is 1. The fourth-order valence-corrected chi connectivity index (χ4v) is 6.02. The van der Waals surface area contributed by atoms with E-state index in [1.807, 2.05) is 23.4 Å². The van der Waals surface area contributed by atoms with Crippen molar-refractivity contribution in [2.75, 3.05) is 76.4 Å². The fraction of sp³-hybridized carbons (Fsp3) is 0.586. The minimum Gasteiger partial charge on any atom is -0.497 e. The fourth-order valence-electron chi connectivity index (χ4n) is 6.02. The van der Waals surface area contributed by atoms with Crippen molar-refractivity contribution in [1.29, 1.82) is 0 Å². The van der Waals surface area contributed by atoms with Crippen LogP contribution in [0.2, 0.25) is 0 Å². The molecule has 3 aliphatic rings. The Labute approximate surface area is 235 Å². The summed E-state index contributed by atoms with van der Waals surface area (Å²) in [5.41, 5.74) is 2.82. The highest BCUT2D eigenvalue weighted by molar-refractivity contribution is 5.84. The zero-order valence-electron chi connectivity index (χ0n) is 23.4. The molecular formula is C29H40N8O3. The van der Waals surface area contributed by atoms with Crippen molar-refractivity contribution < 1.29 is 14.3 Å². The minimum atomic E-state index is 0.240. The van der Waals surface area contributed by atoms with Gasteiger partial charge in [-0.05, 0) is 43.4 Å². The van der Waals surface area contributed by atoms with Gasteiger partial charge < -0.3 is 29.2 Å². The first-order valence-electron chi connectivity index (χ1n) is 14.6. The zero-order valence-corrected chi connectivity index (χ0v) is 23.4. The molecule has 0 atom stereocenters. The van der Waals surface area contributed by atoms with E-state index in [1.54, 1.807) is 7.11 Å². The molecule has 0 radical (unpaired) electrons. The molecule has 3 fully saturated rings. The number of aromatic nitrogens is 4. The SMILES string of the molecule is COc1ccc(CCNc2nc(N3CCC(N4CCOCC4)CC3)nc3c2ncn3CCN2CCCC2=O)cc1. The van der Waals surface area contributed by atoms with Gasteiger partial charge in [0.05, 0.1) is 26.7 Å². The van der Waals surface area contributed by atoms with Gasteiger partial charge in [-0.1, -0.05) is 12.1 Å². The second-order valence-electron chi connectivity index (χ2n) is 10.9. The molecule has 3 aliphatic heterocycles. The van der Waals surface area contributed by atoms with E-state index in [2.05, 4.69) is 31.8 Å². The van der Waals surface area contributed by atoms with E-state index < -0.39 is 0 Å². The van der Waals surface area contributed by atoms with E-state index in [-0.39, 0.29) is 5.91 Å². The smallest absolute Gasteiger partial charge is 0.229 e. The summed E-state index contributed by atoms with van der Waals surface area (Å²) in [6, 6.07) is 8.76. The number of amides is 1. The number of nitrogens with zero attached hydrogens (tertiary/aromatic N) is 7. The lowest BCUT2D eigenvalue weighted by molar-refractivity contribution is -0.127. The van der Waals surface area contributed by atoms with E-state index >= 15 is 0 Å². The molecule has 11 nitrogen and oxygen atoms in total. The number of morpholine rings is 1. The van der Waals surface area contributed by atoms with Crippen LogP contribution in [-0.4, -0.2) is 107 Å². The molecule has 3 saturated heterocycles. The van der Waals surface area contributed by atoms with Gasteiger partial charge in [0.2, 0.25) is 11.9 Å². The number of methoxy groups -OCH3 is 1. The Morgan fingerprint density at radius 2 is 1.82 bits per heavy atom. The number of fused-ring (bicyclic) bond motifs is 1. The standard InChI is InChI=1S/C29H40N8O3/c1-39-24-6-4-22(5-7-24)8-11-30-27-26-28(37(21-31-26)16-15-35-12-2-3-25(35)38)33-29(32-27)36-13-9-23(10-14-36)34-17-19-40-20-18-34/h4-7,21,23H,2-3,8-20H2,1H3,(H,30,32,33). The van der Waals surface area contributed by atoms with Crippen LogP contribution in [0.25, 0.3) is 11.2 Å². The summed E-state index contributed by atoms with van der Waals surface area (Å²) in [6.45, 7) is 8.47. The van der Waals surface area contributed by atoms with Crippen LogP contribution in [0.1, 0.15) is 31.2 Å². The summed E-state index contributed by atoms with van der Waals surface area (Å²) >= 11 is 0. The van der Waals surface area contributed by atoms with Crippen molar-refractivity contribution in [3.8, 4) is 5.75 Å². The van der Waals surface area contributed by atoms with Gasteiger partial charge in [-0.25, -0.2) is 4.98 Å². The van der Waals surface area contributed by atoms with Gasteiger partial charge in [0.1, 0.15) is 5.75 Å². The number of rotatable bonds is 10. The van der Waals surface area contributed by atoms with Crippen LogP contribution in [-0.2, 0) is 22.5 Å². The van der Waals surface area contributed by atoms with Crippen LogP contribution in [0.4, 0.5) is 11.8 Å². The van der Waals surface area contributed by atoms with Crippen molar-refractivity contribution in [1.82, 2.24) is 29.3 Å². The third kappa shape index (κ3) is 6.00. The molecule has 214 valence electrons. The normalized spacial score (nSPS) is 19.1. The van der Waals surface area contributed by atoms with Crippen molar-refractivity contribution in [2.45, 2.75) is 44.7 Å². The average Bonchev–Trinajstić information content (AvgIpc) is 3.62. The number of carbonyl (C=O) groups excluding carboxylic acids is 1. The predicted molar refractivity (Wildman–Crippen MR) is 154 cm³/mol. The summed E-state index contributed by atoms with van der Waals surface area (Å²) in [7, 11) is 1.68. The number of anilines is 2. The molecule has 5 heterocycles. The highest BCUT2D eigenvalue weighted by atomic mass is 16.5. The number of benzene rings is 1. The Hall–Kier alpha value is -3.44. The average molecular weight is 549 g/mol. The second-order valence-corrected chi connectivity index (χ2v) is 10.9. The Balaban J connectivity index is 1.19. The quantitative estimate of drug-likeness (QED) is 0.409. The van der Waals surface area contributed by atoms with Crippen molar-refractivity contribution in [3.63, 3.8) is 0 Å². The first kappa shape index (κ1) is 26.8. The molecule has 0 saturated carbocycles. The minimum absolute atomic E-state index is 0.240. The Kier molecular flexibility index (Phi) is 8.29. The van der Waals surface area contributed by atoms with Crippen LogP contribution in [0.15, 0.2) is 30.6 Å². The first-order valence-corrected chi connectivity index (χ1v) is 14.6. The van der Waals surface area contributed by atoms with Crippen molar-refractivity contribution in [3.05, 3.63) is 36.2 Å². The maximum Gasteiger partial charge on any atom is 0.229 e. The Morgan fingerprint density at radius 3 is 2.55 bits per heavy atom. The lowest BCUT2D eigenvalue weighted by atomic mass is 10.0. The molecular weight excluding hydrogens is 508 g/mol. The van der Waals surface area contributed by atoms with E-state index in [9.17, 15) is 4.79 Å². The van der Waals surface area contributed by atoms with Crippen LogP contribution in [0, 0.1) is 0 Å². The van der Waals surface area contributed by atoms with E-state index in [0.29, 0.717) is 25.6 Å². The summed E-state index contributed by atoms with van der Waals surface area (Å²) < 4.78 is 12.9. The van der Waals surface area contributed by atoms with Gasteiger partial charge in [-0.3, -0.25) is 9.69 Å². The molecule has 40 heavy (non-hydrogen) atoms. The largest absolute Gasteiger partial charge is 0.497 e. The topological polar surface area (TPSA) is 101 Å².